The van der Waals surface area contributed by atoms with Crippen molar-refractivity contribution in [1.29, 1.82) is 0 Å². The lowest BCUT2D eigenvalue weighted by Gasteiger charge is -2.21. The second-order valence-electron chi connectivity index (χ2n) is 4.83. The molecular weight excluding hydrogens is 280 g/mol. The van der Waals surface area contributed by atoms with Crippen molar-refractivity contribution in [1.82, 2.24) is 14.5 Å². The average Bonchev–Trinajstić information content (AvgIpc) is 2.85. The summed E-state index contributed by atoms with van der Waals surface area (Å²) in [5.74, 6) is 0. The summed E-state index contributed by atoms with van der Waals surface area (Å²) < 4.78 is 2.63. The molecule has 0 bridgehead atoms. The van der Waals surface area contributed by atoms with Gasteiger partial charge >= 0.3 is 0 Å². The molecule has 2 aromatic heterocycles. The first-order valence-electron chi connectivity index (χ1n) is 7.15. The second-order valence-corrected chi connectivity index (χ2v) is 5.22. The molecule has 1 N–H and O–H groups in total. The summed E-state index contributed by atoms with van der Waals surface area (Å²) in [6.45, 7) is 6.34. The van der Waals surface area contributed by atoms with Crippen molar-refractivity contribution in [2.75, 3.05) is 18.0 Å². The maximum Gasteiger partial charge on any atom is 0.183 e. The Kier molecular flexibility index (Phi) is 3.75. The molecule has 0 saturated heterocycles. The third-order valence-corrected chi connectivity index (χ3v) is 3.96. The highest BCUT2D eigenvalue weighted by Crippen LogP contribution is 2.21. The van der Waals surface area contributed by atoms with Gasteiger partial charge in [0.15, 0.2) is 10.4 Å². The molecule has 4 nitrogen and oxygen atoms in total. The van der Waals surface area contributed by atoms with Crippen LogP contribution in [0.2, 0.25) is 0 Å². The molecule has 21 heavy (non-hydrogen) atoms. The van der Waals surface area contributed by atoms with Crippen molar-refractivity contribution in [3.63, 3.8) is 0 Å². The molecule has 0 atom stereocenters. The molecule has 2 heterocycles. The van der Waals surface area contributed by atoms with Gasteiger partial charge in [-0.05, 0) is 62.5 Å². The van der Waals surface area contributed by atoms with Crippen LogP contribution in [0.3, 0.4) is 0 Å². The van der Waals surface area contributed by atoms with E-state index in [-0.39, 0.29) is 0 Å². The van der Waals surface area contributed by atoms with Gasteiger partial charge in [-0.3, -0.25) is 4.57 Å². The van der Waals surface area contributed by atoms with Crippen molar-refractivity contribution in [3.05, 3.63) is 47.4 Å². The molecule has 0 aliphatic rings. The number of imidazole rings is 1. The fraction of sp³-hybridized carbons (Fsp3) is 0.250. The number of nitrogens with one attached hydrogen (secondary N) is 1. The van der Waals surface area contributed by atoms with Gasteiger partial charge < -0.3 is 9.88 Å². The maximum atomic E-state index is 5.42. The number of hydrogen-bond acceptors (Lipinski definition) is 3. The molecule has 1 aromatic carbocycles. The molecule has 0 unspecified atom stereocenters. The van der Waals surface area contributed by atoms with Crippen molar-refractivity contribution in [2.24, 2.45) is 0 Å². The van der Waals surface area contributed by atoms with E-state index in [1.807, 2.05) is 16.7 Å². The SMILES string of the molecule is CCN(CC)c1ccc(-n2c(=S)[nH]c3cccnc32)cc1. The van der Waals surface area contributed by atoms with E-state index in [0.29, 0.717) is 4.77 Å². The Balaban J connectivity index is 2.07. The molecule has 0 spiro atoms. The fourth-order valence-corrected chi connectivity index (χ4v) is 2.88. The third-order valence-electron chi connectivity index (χ3n) is 3.68. The lowest BCUT2D eigenvalue weighted by molar-refractivity contribution is 0.865. The van der Waals surface area contributed by atoms with E-state index in [4.69, 9.17) is 12.2 Å². The van der Waals surface area contributed by atoms with E-state index in [1.54, 1.807) is 6.20 Å². The Bertz CT molecular complexity index is 797. The zero-order valence-corrected chi connectivity index (χ0v) is 13.0. The van der Waals surface area contributed by atoms with E-state index in [9.17, 15) is 0 Å². The topological polar surface area (TPSA) is 36.9 Å². The molecule has 0 aliphatic heterocycles. The van der Waals surface area contributed by atoms with Crippen LogP contribution < -0.4 is 4.90 Å². The van der Waals surface area contributed by atoms with Crippen LogP contribution in [0.5, 0.6) is 0 Å². The number of nitrogens with zero attached hydrogens (tertiary/aromatic N) is 3. The highest BCUT2D eigenvalue weighted by Gasteiger charge is 2.08. The van der Waals surface area contributed by atoms with Gasteiger partial charge in [0.1, 0.15) is 0 Å². The number of aromatic amines is 1. The van der Waals surface area contributed by atoms with Crippen molar-refractivity contribution < 1.29 is 0 Å². The smallest absolute Gasteiger partial charge is 0.183 e. The first-order chi connectivity index (χ1) is 10.2. The first-order valence-corrected chi connectivity index (χ1v) is 7.56. The van der Waals surface area contributed by atoms with Gasteiger partial charge in [-0.15, -0.1) is 0 Å². The van der Waals surface area contributed by atoms with Crippen molar-refractivity contribution in [3.8, 4) is 5.69 Å². The minimum atomic E-state index is 0.666. The molecule has 0 fully saturated rings. The number of pyridine rings is 1. The van der Waals surface area contributed by atoms with Gasteiger partial charge in [0.2, 0.25) is 0 Å². The average molecular weight is 298 g/mol. The predicted molar refractivity (Wildman–Crippen MR) is 89.8 cm³/mol. The van der Waals surface area contributed by atoms with E-state index in [0.717, 1.165) is 29.9 Å². The van der Waals surface area contributed by atoms with Crippen LogP contribution in [0.1, 0.15) is 13.8 Å². The molecule has 5 heteroatoms. The molecule has 0 radical (unpaired) electrons. The number of anilines is 1. The van der Waals surface area contributed by atoms with Crippen LogP contribution in [-0.2, 0) is 0 Å². The van der Waals surface area contributed by atoms with E-state index in [2.05, 4.69) is 53.0 Å². The minimum Gasteiger partial charge on any atom is -0.372 e. The summed E-state index contributed by atoms with van der Waals surface area (Å²) in [7, 11) is 0. The molecule has 0 amide bonds. The number of benzene rings is 1. The Morgan fingerprint density at radius 1 is 1.14 bits per heavy atom. The highest BCUT2D eigenvalue weighted by atomic mass is 32.1. The van der Waals surface area contributed by atoms with Crippen molar-refractivity contribution >= 4 is 29.1 Å². The van der Waals surface area contributed by atoms with Gasteiger partial charge in [0.05, 0.1) is 11.2 Å². The third kappa shape index (κ3) is 2.45. The number of hydrogen-bond donors (Lipinski definition) is 1. The Hall–Kier alpha value is -2.14. The van der Waals surface area contributed by atoms with Crippen LogP contribution >= 0.6 is 12.2 Å². The second kappa shape index (κ2) is 5.69. The summed E-state index contributed by atoms with van der Waals surface area (Å²) >= 11 is 5.42. The number of rotatable bonds is 4. The Morgan fingerprint density at radius 3 is 2.52 bits per heavy atom. The van der Waals surface area contributed by atoms with Crippen LogP contribution in [0, 0.1) is 4.77 Å². The van der Waals surface area contributed by atoms with Crippen LogP contribution in [0.4, 0.5) is 5.69 Å². The Labute approximate surface area is 129 Å². The summed E-state index contributed by atoms with van der Waals surface area (Å²) in [6, 6.07) is 12.3. The fourth-order valence-electron chi connectivity index (χ4n) is 2.58. The summed E-state index contributed by atoms with van der Waals surface area (Å²) in [6.07, 6.45) is 1.78. The number of aromatic nitrogens is 3. The van der Waals surface area contributed by atoms with Crippen LogP contribution in [0.15, 0.2) is 42.6 Å². The van der Waals surface area contributed by atoms with E-state index >= 15 is 0 Å². The summed E-state index contributed by atoms with van der Waals surface area (Å²) in [5, 5.41) is 0. The van der Waals surface area contributed by atoms with Crippen LogP contribution in [0.25, 0.3) is 16.9 Å². The summed E-state index contributed by atoms with van der Waals surface area (Å²) in [5.41, 5.74) is 4.07. The van der Waals surface area contributed by atoms with Crippen LogP contribution in [-0.4, -0.2) is 27.6 Å². The Morgan fingerprint density at radius 2 is 1.86 bits per heavy atom. The van der Waals surface area contributed by atoms with E-state index in [1.165, 1.54) is 5.69 Å². The minimum absolute atomic E-state index is 0.666. The molecular formula is C16H18N4S. The normalized spacial score (nSPS) is 11.0. The standard InChI is InChI=1S/C16H18N4S/c1-3-19(4-2)12-7-9-13(10-8-12)20-15-14(18-16(20)21)6-5-11-17-15/h5-11H,3-4H2,1-2H3,(H,18,21). The molecule has 0 saturated carbocycles. The zero-order chi connectivity index (χ0) is 14.8. The van der Waals surface area contributed by atoms with Crippen molar-refractivity contribution in [2.45, 2.75) is 13.8 Å². The van der Waals surface area contributed by atoms with Gasteiger partial charge in [-0.1, -0.05) is 0 Å². The quantitative estimate of drug-likeness (QED) is 0.742. The molecule has 3 rings (SSSR count). The van der Waals surface area contributed by atoms with Gasteiger partial charge in [-0.2, -0.15) is 0 Å². The number of H-pyrrole nitrogens is 1. The number of fused-ring (bicyclic) bond motifs is 1. The lowest BCUT2D eigenvalue weighted by atomic mass is 10.2. The first kappa shape index (κ1) is 13.8. The molecule has 108 valence electrons. The predicted octanol–water partition coefficient (Wildman–Crippen LogP) is 3.93. The molecule has 3 aromatic rings. The monoisotopic (exact) mass is 298 g/mol. The molecule has 0 aliphatic carbocycles. The van der Waals surface area contributed by atoms with Gasteiger partial charge in [0, 0.05) is 25.0 Å². The summed E-state index contributed by atoms with van der Waals surface area (Å²) in [4.78, 5) is 9.93. The van der Waals surface area contributed by atoms with Gasteiger partial charge in [-0.25, -0.2) is 4.98 Å². The maximum absolute atomic E-state index is 5.42. The zero-order valence-electron chi connectivity index (χ0n) is 12.2. The van der Waals surface area contributed by atoms with Gasteiger partial charge in [0.25, 0.3) is 0 Å². The highest BCUT2D eigenvalue weighted by molar-refractivity contribution is 7.71. The van der Waals surface area contributed by atoms with E-state index < -0.39 is 0 Å². The lowest BCUT2D eigenvalue weighted by Crippen LogP contribution is -2.21. The largest absolute Gasteiger partial charge is 0.372 e.